The molecule has 14 heteroatoms. The van der Waals surface area contributed by atoms with Gasteiger partial charge in [0.15, 0.2) is 0 Å². The number of aryl methyl sites for hydroxylation is 1. The molecule has 284 valence electrons. The highest BCUT2D eigenvalue weighted by Crippen LogP contribution is 2.33. The summed E-state index contributed by atoms with van der Waals surface area (Å²) in [6, 6.07) is 7.47. The van der Waals surface area contributed by atoms with Crippen molar-refractivity contribution in [2.24, 2.45) is 22.4 Å². The zero-order valence-electron chi connectivity index (χ0n) is 31.0. The van der Waals surface area contributed by atoms with Crippen LogP contribution in [0.15, 0.2) is 56.9 Å². The average molecular weight is 773 g/mol. The smallest absolute Gasteiger partial charge is 0.309 e. The molecule has 5 atom stereocenters. The first kappa shape index (κ1) is 43.1. The van der Waals surface area contributed by atoms with E-state index < -0.39 is 47.9 Å². The van der Waals surface area contributed by atoms with Gasteiger partial charge in [0, 0.05) is 41.1 Å². The van der Waals surface area contributed by atoms with Crippen molar-refractivity contribution < 1.29 is 34.1 Å². The van der Waals surface area contributed by atoms with Gasteiger partial charge in [0.25, 0.3) is 0 Å². The number of benzene rings is 1. The van der Waals surface area contributed by atoms with Gasteiger partial charge in [-0.25, -0.2) is 10.4 Å². The summed E-state index contributed by atoms with van der Waals surface area (Å²) in [5.74, 6) is -2.69. The summed E-state index contributed by atoms with van der Waals surface area (Å²) in [5.41, 5.74) is 4.11. The van der Waals surface area contributed by atoms with Gasteiger partial charge in [0.1, 0.15) is 11.9 Å². The van der Waals surface area contributed by atoms with Crippen LogP contribution in [0, 0.1) is 24.2 Å². The Bertz CT molecular complexity index is 1620. The van der Waals surface area contributed by atoms with Gasteiger partial charge in [0.05, 0.1) is 41.0 Å². The van der Waals surface area contributed by atoms with E-state index in [1.807, 2.05) is 68.8 Å². The van der Waals surface area contributed by atoms with Crippen LogP contribution in [-0.2, 0) is 23.9 Å². The highest BCUT2D eigenvalue weighted by atomic mass is 33.1. The van der Waals surface area contributed by atoms with Crippen molar-refractivity contribution in [2.75, 3.05) is 11.6 Å². The second kappa shape index (κ2) is 20.8. The lowest BCUT2D eigenvalue weighted by Gasteiger charge is -2.34. The Morgan fingerprint density at radius 3 is 2.48 bits per heavy atom. The number of carbonyl (C=O) groups is 4. The van der Waals surface area contributed by atoms with Gasteiger partial charge in [-0.15, -0.1) is 11.3 Å². The second-order valence-corrected chi connectivity index (χ2v) is 17.3. The van der Waals surface area contributed by atoms with Crippen LogP contribution >= 0.6 is 32.9 Å². The standard InChI is InChI=1S/C38H52N4O7S3/c1-23-9-8-10-27(21-39-42-34(45)18-17-33(44)41-28-12-14-30(15-13-28)52-50-7)11-16-31(24(2)19-29-22-51-26(4)40-29)49-35(46)20-32(43)38(5,6)37(48)25(3)36(23)47/h11-15,19,21-23,25,31-32,36,43,47H,8-10,16-18,20H2,1-7H3,(H,41,44)(H,42,45)/b24-19+,27-11+,39-21+/t23-,25+,31-,32-,36-/m0/s1. The zero-order valence-corrected chi connectivity index (χ0v) is 33.5. The summed E-state index contributed by atoms with van der Waals surface area (Å²) in [6.07, 6.45) is 5.89. The Labute approximate surface area is 319 Å². The molecule has 2 amide bonds. The number of nitrogens with zero attached hydrogens (tertiary/aromatic N) is 2. The fraction of sp³-hybridized carbons (Fsp3) is 0.526. The van der Waals surface area contributed by atoms with E-state index in [-0.39, 0.29) is 36.9 Å². The van der Waals surface area contributed by atoms with Crippen LogP contribution in [0.25, 0.3) is 6.08 Å². The highest BCUT2D eigenvalue weighted by Gasteiger charge is 2.42. The molecule has 1 aromatic heterocycles. The fourth-order valence-electron chi connectivity index (χ4n) is 5.78. The lowest BCUT2D eigenvalue weighted by molar-refractivity contribution is -0.154. The van der Waals surface area contributed by atoms with Crippen molar-refractivity contribution in [3.8, 4) is 0 Å². The van der Waals surface area contributed by atoms with Gasteiger partial charge in [-0.3, -0.25) is 19.2 Å². The number of hydrogen-bond acceptors (Lipinski definition) is 12. The molecule has 0 fully saturated rings. The van der Waals surface area contributed by atoms with Crippen LogP contribution in [0.2, 0.25) is 0 Å². The molecule has 3 rings (SSSR count). The lowest BCUT2D eigenvalue weighted by atomic mass is 9.73. The number of ether oxygens (including phenoxy) is 1. The highest BCUT2D eigenvalue weighted by molar-refractivity contribution is 8.76. The van der Waals surface area contributed by atoms with Gasteiger partial charge in [0.2, 0.25) is 11.8 Å². The number of aliphatic hydroxyl groups excluding tert-OH is 2. The monoisotopic (exact) mass is 772 g/mol. The molecule has 1 aromatic carbocycles. The molecule has 1 aliphatic heterocycles. The first-order valence-corrected chi connectivity index (χ1v) is 20.9. The molecule has 52 heavy (non-hydrogen) atoms. The van der Waals surface area contributed by atoms with Crippen molar-refractivity contribution >= 4 is 74.5 Å². The number of Topliss-reactive ketones (excluding diaryl/α,β-unsaturated/α-hetero) is 1. The molecular formula is C38H52N4O7S3. The number of amides is 2. The van der Waals surface area contributed by atoms with E-state index in [1.165, 1.54) is 17.6 Å². The zero-order chi connectivity index (χ0) is 38.4. The van der Waals surface area contributed by atoms with Crippen molar-refractivity contribution in [1.82, 2.24) is 10.4 Å². The van der Waals surface area contributed by atoms with Crippen LogP contribution in [0.4, 0.5) is 5.69 Å². The van der Waals surface area contributed by atoms with Crippen molar-refractivity contribution in [2.45, 2.75) is 110 Å². The topological polar surface area (TPSA) is 167 Å². The lowest BCUT2D eigenvalue weighted by Crippen LogP contribution is -2.45. The minimum Gasteiger partial charge on any atom is -0.457 e. The van der Waals surface area contributed by atoms with Gasteiger partial charge in [-0.1, -0.05) is 55.4 Å². The van der Waals surface area contributed by atoms with Crippen molar-refractivity contribution in [3.05, 3.63) is 57.6 Å². The van der Waals surface area contributed by atoms with E-state index in [0.717, 1.165) is 26.7 Å². The van der Waals surface area contributed by atoms with Crippen LogP contribution in [-0.4, -0.2) is 69.5 Å². The fourth-order valence-corrected chi connectivity index (χ4v) is 7.70. The molecule has 0 spiro atoms. The van der Waals surface area contributed by atoms with E-state index in [9.17, 15) is 29.4 Å². The van der Waals surface area contributed by atoms with Crippen LogP contribution in [0.5, 0.6) is 0 Å². The van der Waals surface area contributed by atoms with Crippen molar-refractivity contribution in [1.29, 1.82) is 0 Å². The number of thiazole rings is 1. The third-order valence-electron chi connectivity index (χ3n) is 9.17. The largest absolute Gasteiger partial charge is 0.457 e. The SMILES string of the molecule is CSSc1ccc(NC(=O)CCC(=O)N/N=C/C2=C/C[C@@H](/C(C)=C/c3csc(C)n3)OC(=O)C[C@H](O)C(C)(C)C(=O)[C@H](C)[C@@H](O)[C@@H](C)CCC2)cc1. The predicted octanol–water partition coefficient (Wildman–Crippen LogP) is 7.14. The number of hydrogen-bond donors (Lipinski definition) is 4. The molecule has 0 saturated heterocycles. The number of aliphatic hydroxyl groups is 2. The molecule has 4 N–H and O–H groups in total. The summed E-state index contributed by atoms with van der Waals surface area (Å²) < 4.78 is 5.91. The maximum atomic E-state index is 13.5. The first-order chi connectivity index (χ1) is 24.6. The summed E-state index contributed by atoms with van der Waals surface area (Å²) in [7, 11) is 3.26. The Hall–Kier alpha value is -3.30. The number of aromatic nitrogens is 1. The van der Waals surface area contributed by atoms with Gasteiger partial charge in [-0.05, 0) is 86.8 Å². The Morgan fingerprint density at radius 2 is 1.83 bits per heavy atom. The number of cyclic esters (lactones) is 1. The van der Waals surface area contributed by atoms with Crippen LogP contribution in [0.3, 0.4) is 0 Å². The molecule has 11 nitrogen and oxygen atoms in total. The first-order valence-electron chi connectivity index (χ1n) is 17.4. The van der Waals surface area contributed by atoms with Crippen molar-refractivity contribution in [3.63, 3.8) is 0 Å². The summed E-state index contributed by atoms with van der Waals surface area (Å²) in [5, 5.41) is 31.9. The normalized spacial score (nSPS) is 24.9. The number of rotatable bonds is 10. The van der Waals surface area contributed by atoms with E-state index >= 15 is 0 Å². The molecule has 2 heterocycles. The minimum atomic E-state index is -1.32. The second-order valence-electron chi connectivity index (χ2n) is 13.7. The number of carbonyl (C=O) groups excluding carboxylic acids is 4. The summed E-state index contributed by atoms with van der Waals surface area (Å²) in [6.45, 7) is 10.5. The molecule has 1 aliphatic rings. The van der Waals surface area contributed by atoms with E-state index in [2.05, 4.69) is 20.8 Å². The van der Waals surface area contributed by atoms with Crippen LogP contribution < -0.4 is 10.7 Å². The predicted molar refractivity (Wildman–Crippen MR) is 211 cm³/mol. The Balaban J connectivity index is 1.77. The minimum absolute atomic E-state index is 0.0183. The molecule has 0 aliphatic carbocycles. The molecule has 0 radical (unpaired) electrons. The molecule has 0 saturated carbocycles. The number of esters is 1. The maximum absolute atomic E-state index is 13.5. The number of hydrazone groups is 1. The van der Waals surface area contributed by atoms with E-state index in [1.54, 1.807) is 42.4 Å². The third-order valence-corrected chi connectivity index (χ3v) is 11.7. The summed E-state index contributed by atoms with van der Waals surface area (Å²) >= 11 is 1.51. The van der Waals surface area contributed by atoms with E-state index in [0.29, 0.717) is 24.9 Å². The van der Waals surface area contributed by atoms with E-state index in [4.69, 9.17) is 4.74 Å². The van der Waals surface area contributed by atoms with Gasteiger partial charge < -0.3 is 20.3 Å². The van der Waals surface area contributed by atoms with Gasteiger partial charge >= 0.3 is 5.97 Å². The Kier molecular flexibility index (Phi) is 17.3. The number of nitrogens with one attached hydrogen (secondary N) is 2. The Morgan fingerprint density at radius 1 is 1.13 bits per heavy atom. The number of allylic oxidation sites excluding steroid dienone is 1. The third kappa shape index (κ3) is 13.6. The quantitative estimate of drug-likeness (QED) is 0.0844. The van der Waals surface area contributed by atoms with Gasteiger partial charge in [-0.2, -0.15) is 5.10 Å². The van der Waals surface area contributed by atoms with Crippen LogP contribution in [0.1, 0.15) is 90.3 Å². The number of ketones is 1. The summed E-state index contributed by atoms with van der Waals surface area (Å²) in [4.78, 5) is 57.3. The molecule has 0 unspecified atom stereocenters. The number of anilines is 1. The maximum Gasteiger partial charge on any atom is 0.309 e. The average Bonchev–Trinajstić information content (AvgIpc) is 3.51. The molecule has 2 aromatic rings. The molecular weight excluding hydrogens is 721 g/mol. The molecule has 0 bridgehead atoms.